The van der Waals surface area contributed by atoms with Crippen molar-refractivity contribution in [3.8, 4) is 0 Å². The molecule has 0 saturated heterocycles. The van der Waals surface area contributed by atoms with Crippen LogP contribution in [0.5, 0.6) is 0 Å². The summed E-state index contributed by atoms with van der Waals surface area (Å²) in [4.78, 5) is 12.4. The minimum absolute atomic E-state index is 0.0239. The number of aliphatic hydroxyl groups is 2. The summed E-state index contributed by atoms with van der Waals surface area (Å²) in [6.45, 7) is 8.37. The second-order valence-electron chi connectivity index (χ2n) is 10.5. The minimum atomic E-state index is -1.14. The second-order valence-corrected chi connectivity index (χ2v) is 10.5. The first-order valence-corrected chi connectivity index (χ1v) is 10.6. The molecule has 4 aliphatic carbocycles. The van der Waals surface area contributed by atoms with Crippen LogP contribution in [0.15, 0.2) is 0 Å². The molecule has 3 nitrogen and oxygen atoms in total. The molecule has 0 heterocycles. The molecule has 0 aliphatic heterocycles. The molecule has 4 rings (SSSR count). The van der Waals surface area contributed by atoms with Gasteiger partial charge in [-0.2, -0.15) is 0 Å². The summed E-state index contributed by atoms with van der Waals surface area (Å²) in [6.07, 6.45) is 8.53. The molecule has 0 aromatic heterocycles. The van der Waals surface area contributed by atoms with Crippen molar-refractivity contribution < 1.29 is 15.0 Å². The largest absolute Gasteiger partial charge is 0.393 e. The first kappa shape index (κ1) is 18.0. The summed E-state index contributed by atoms with van der Waals surface area (Å²) in [5.41, 5.74) is -1.04. The number of rotatable bonds is 1. The Morgan fingerprint density at radius 1 is 1.00 bits per heavy atom. The zero-order chi connectivity index (χ0) is 18.2. The van der Waals surface area contributed by atoms with Gasteiger partial charge in [0.15, 0.2) is 5.78 Å². The molecule has 3 heteroatoms. The van der Waals surface area contributed by atoms with Gasteiger partial charge in [0.2, 0.25) is 0 Å². The first-order chi connectivity index (χ1) is 11.6. The molecular weight excluding hydrogens is 312 g/mol. The van der Waals surface area contributed by atoms with E-state index in [0.29, 0.717) is 29.1 Å². The molecule has 142 valence electrons. The van der Waals surface area contributed by atoms with Gasteiger partial charge in [0.05, 0.1) is 6.10 Å². The molecular formula is C22H36O3. The quantitative estimate of drug-likeness (QED) is 0.754. The van der Waals surface area contributed by atoms with Gasteiger partial charge in [-0.05, 0) is 93.3 Å². The number of aliphatic hydroxyl groups excluding tert-OH is 1. The maximum Gasteiger partial charge on any atom is 0.162 e. The molecule has 4 saturated carbocycles. The highest BCUT2D eigenvalue weighted by Gasteiger charge is 2.68. The van der Waals surface area contributed by atoms with Gasteiger partial charge in [-0.1, -0.05) is 20.8 Å². The molecule has 4 aliphatic rings. The molecule has 4 fully saturated rings. The lowest BCUT2D eigenvalue weighted by Crippen LogP contribution is -2.59. The third-order valence-corrected chi connectivity index (χ3v) is 9.76. The Labute approximate surface area is 152 Å². The van der Waals surface area contributed by atoms with Gasteiger partial charge in [0.1, 0.15) is 5.60 Å². The van der Waals surface area contributed by atoms with E-state index >= 15 is 0 Å². The van der Waals surface area contributed by atoms with Crippen LogP contribution in [0.3, 0.4) is 0 Å². The van der Waals surface area contributed by atoms with E-state index in [1.807, 2.05) is 0 Å². The van der Waals surface area contributed by atoms with Crippen LogP contribution in [0.25, 0.3) is 0 Å². The Balaban J connectivity index is 1.67. The molecule has 9 atom stereocenters. The summed E-state index contributed by atoms with van der Waals surface area (Å²) in [5.74, 6) is 2.53. The van der Waals surface area contributed by atoms with Crippen molar-refractivity contribution in [3.05, 3.63) is 0 Å². The van der Waals surface area contributed by atoms with Crippen molar-refractivity contribution in [3.63, 3.8) is 0 Å². The van der Waals surface area contributed by atoms with Crippen molar-refractivity contribution in [1.82, 2.24) is 0 Å². The number of carbonyl (C=O) groups excluding carboxylic acids is 1. The van der Waals surface area contributed by atoms with Crippen molar-refractivity contribution in [2.24, 2.45) is 40.4 Å². The van der Waals surface area contributed by atoms with Crippen LogP contribution in [-0.4, -0.2) is 27.7 Å². The van der Waals surface area contributed by atoms with Crippen molar-refractivity contribution in [2.45, 2.75) is 90.8 Å². The fourth-order valence-electron chi connectivity index (χ4n) is 8.33. The number of ketones is 1. The molecule has 2 N–H and O–H groups in total. The van der Waals surface area contributed by atoms with E-state index in [2.05, 4.69) is 20.8 Å². The fourth-order valence-corrected chi connectivity index (χ4v) is 8.33. The lowest BCUT2D eigenvalue weighted by molar-refractivity contribution is -0.175. The maximum atomic E-state index is 12.4. The summed E-state index contributed by atoms with van der Waals surface area (Å²) < 4.78 is 0. The zero-order valence-electron chi connectivity index (χ0n) is 16.4. The third-order valence-electron chi connectivity index (χ3n) is 9.76. The van der Waals surface area contributed by atoms with Gasteiger partial charge in [0, 0.05) is 5.41 Å². The number of carbonyl (C=O) groups is 1. The molecule has 0 aromatic carbocycles. The summed E-state index contributed by atoms with van der Waals surface area (Å²) in [7, 11) is 0. The maximum absolute atomic E-state index is 12.4. The van der Waals surface area contributed by atoms with Gasteiger partial charge in [0.25, 0.3) is 0 Å². The topological polar surface area (TPSA) is 57.5 Å². The van der Waals surface area contributed by atoms with E-state index in [1.54, 1.807) is 6.92 Å². The van der Waals surface area contributed by atoms with E-state index in [4.69, 9.17) is 0 Å². The lowest BCUT2D eigenvalue weighted by Gasteiger charge is -2.61. The average molecular weight is 349 g/mol. The molecule has 0 amide bonds. The zero-order valence-corrected chi connectivity index (χ0v) is 16.4. The summed E-state index contributed by atoms with van der Waals surface area (Å²) >= 11 is 0. The summed E-state index contributed by atoms with van der Waals surface area (Å²) in [5, 5.41) is 21.6. The average Bonchev–Trinajstić information content (AvgIpc) is 2.77. The predicted molar refractivity (Wildman–Crippen MR) is 97.9 cm³/mol. The standard InChI is InChI=1S/C22H36O3/c1-13-11-19-17-6-5-15-12-16(24)7-9-20(15,3)18(17)8-10-21(19,4)22(13,25)14(2)23/h13,15-19,24-25H,5-12H2,1-4H3. The monoisotopic (exact) mass is 348 g/mol. The van der Waals surface area contributed by atoms with Crippen LogP contribution in [0.4, 0.5) is 0 Å². The van der Waals surface area contributed by atoms with Crippen molar-refractivity contribution in [1.29, 1.82) is 0 Å². The van der Waals surface area contributed by atoms with Gasteiger partial charge in [-0.3, -0.25) is 4.79 Å². The van der Waals surface area contributed by atoms with Crippen LogP contribution >= 0.6 is 0 Å². The second kappa shape index (κ2) is 5.55. The Morgan fingerprint density at radius 2 is 1.72 bits per heavy atom. The van der Waals surface area contributed by atoms with E-state index in [-0.39, 0.29) is 23.2 Å². The Hall–Kier alpha value is -0.410. The van der Waals surface area contributed by atoms with Crippen molar-refractivity contribution >= 4 is 5.78 Å². The number of hydrogen-bond donors (Lipinski definition) is 2. The third kappa shape index (κ3) is 2.15. The van der Waals surface area contributed by atoms with E-state index in [1.165, 1.54) is 12.8 Å². The van der Waals surface area contributed by atoms with Crippen molar-refractivity contribution in [2.75, 3.05) is 0 Å². The highest BCUT2D eigenvalue weighted by molar-refractivity contribution is 5.86. The highest BCUT2D eigenvalue weighted by Crippen LogP contribution is 2.69. The molecule has 0 bridgehead atoms. The van der Waals surface area contributed by atoms with E-state index in [0.717, 1.165) is 38.5 Å². The fraction of sp³-hybridized carbons (Fsp3) is 0.955. The number of fused-ring (bicyclic) bond motifs is 5. The van der Waals surface area contributed by atoms with Gasteiger partial charge < -0.3 is 10.2 Å². The van der Waals surface area contributed by atoms with Crippen LogP contribution in [0.1, 0.15) is 79.1 Å². The highest BCUT2D eigenvalue weighted by atomic mass is 16.3. The molecule has 25 heavy (non-hydrogen) atoms. The molecule has 9 unspecified atom stereocenters. The summed E-state index contributed by atoms with van der Waals surface area (Å²) in [6, 6.07) is 0. The van der Waals surface area contributed by atoms with Gasteiger partial charge in [-0.25, -0.2) is 0 Å². The predicted octanol–water partition coefficient (Wildman–Crippen LogP) is 3.96. The van der Waals surface area contributed by atoms with Crippen LogP contribution < -0.4 is 0 Å². The smallest absolute Gasteiger partial charge is 0.162 e. The first-order valence-electron chi connectivity index (χ1n) is 10.6. The number of Topliss-reactive ketones (excluding diaryl/α,β-unsaturated/α-hetero) is 1. The van der Waals surface area contributed by atoms with Gasteiger partial charge >= 0.3 is 0 Å². The normalized spacial score (nSPS) is 58.2. The lowest BCUT2D eigenvalue weighted by atomic mass is 9.44. The van der Waals surface area contributed by atoms with Crippen LogP contribution in [-0.2, 0) is 4.79 Å². The van der Waals surface area contributed by atoms with Crippen LogP contribution in [0, 0.1) is 40.4 Å². The van der Waals surface area contributed by atoms with Gasteiger partial charge in [-0.15, -0.1) is 0 Å². The Morgan fingerprint density at radius 3 is 2.40 bits per heavy atom. The molecule has 0 spiro atoms. The van der Waals surface area contributed by atoms with E-state index in [9.17, 15) is 15.0 Å². The number of hydrogen-bond acceptors (Lipinski definition) is 3. The van der Waals surface area contributed by atoms with E-state index < -0.39 is 5.60 Å². The van der Waals surface area contributed by atoms with Crippen LogP contribution in [0.2, 0.25) is 0 Å². The Bertz CT molecular complexity index is 574. The molecule has 0 radical (unpaired) electrons. The minimum Gasteiger partial charge on any atom is -0.393 e. The molecule has 0 aromatic rings. The SMILES string of the molecule is CC(=O)C1(O)C(C)CC2C3CCC4CC(O)CCC4(C)C3CCC21C. The Kier molecular flexibility index (Phi) is 3.99.